The van der Waals surface area contributed by atoms with Gasteiger partial charge in [0.2, 0.25) is 0 Å². The maximum Gasteiger partial charge on any atom is 0.0181 e. The monoisotopic (exact) mass is 322 g/mol. The Morgan fingerprint density at radius 1 is 0.826 bits per heavy atom. The van der Waals surface area contributed by atoms with Crippen LogP contribution >= 0.6 is 10.0 Å². The zero-order valence-corrected chi connectivity index (χ0v) is 15.0. The van der Waals surface area contributed by atoms with E-state index >= 15 is 0 Å². The molecule has 0 bridgehead atoms. The zero-order chi connectivity index (χ0) is 15.9. The van der Waals surface area contributed by atoms with Crippen LogP contribution in [0.1, 0.15) is 52.5 Å². The zero-order valence-electron chi connectivity index (χ0n) is 14.2. The Morgan fingerprint density at radius 3 is 1.78 bits per heavy atom. The van der Waals surface area contributed by atoms with E-state index in [2.05, 4.69) is 73.2 Å². The molecule has 4 rings (SSSR count). The molecule has 2 atom stereocenters. The summed E-state index contributed by atoms with van der Waals surface area (Å²) in [6.07, 6.45) is 10.1. The van der Waals surface area contributed by atoms with E-state index in [9.17, 15) is 0 Å². The van der Waals surface area contributed by atoms with Gasteiger partial charge in [0.15, 0.2) is 0 Å². The van der Waals surface area contributed by atoms with Gasteiger partial charge in [-0.25, -0.2) is 10.0 Å². The Kier molecular flexibility index (Phi) is 3.85. The van der Waals surface area contributed by atoms with Crippen LogP contribution in [-0.2, 0) is 12.8 Å². The minimum Gasteiger partial charge on any atom is -0.210 e. The van der Waals surface area contributed by atoms with Crippen LogP contribution in [0.4, 0.5) is 0 Å². The lowest BCUT2D eigenvalue weighted by Gasteiger charge is -2.45. The van der Waals surface area contributed by atoms with Crippen molar-refractivity contribution in [1.82, 2.24) is 0 Å². The average Bonchev–Trinajstić information content (AvgIpc) is 3.20. The highest BCUT2D eigenvalue weighted by Crippen LogP contribution is 2.73. The lowest BCUT2D eigenvalue weighted by Crippen LogP contribution is -2.13. The summed E-state index contributed by atoms with van der Waals surface area (Å²) >= 11 is 0. The van der Waals surface area contributed by atoms with Gasteiger partial charge in [-0.05, 0) is 61.1 Å². The topological polar surface area (TPSA) is 0 Å². The molecule has 0 radical (unpaired) electrons. The highest BCUT2D eigenvalue weighted by Gasteiger charge is 2.41. The van der Waals surface area contributed by atoms with Gasteiger partial charge in [-0.15, -0.1) is 0 Å². The number of rotatable bonds is 3. The maximum absolute atomic E-state index is 2.59. The van der Waals surface area contributed by atoms with E-state index in [1.807, 2.05) is 0 Å². The van der Waals surface area contributed by atoms with E-state index in [1.54, 1.807) is 22.3 Å². The van der Waals surface area contributed by atoms with Crippen molar-refractivity contribution in [1.29, 1.82) is 0 Å². The third-order valence-electron chi connectivity index (χ3n) is 5.81. The standard InChI is InChI=1S/C22H26S/c1-3-16-23(2,21-14-12-17-8-4-6-10-19(17)21)22-15-13-18-9-5-7-11-20(18)22/h3-11,16,21-22H,12-15H2,1-2H3/b16-3+. The van der Waals surface area contributed by atoms with Crippen LogP contribution < -0.4 is 0 Å². The average molecular weight is 323 g/mol. The number of aryl methyl sites for hydroxylation is 2. The van der Waals surface area contributed by atoms with E-state index in [1.165, 1.54) is 25.7 Å². The second-order valence-electron chi connectivity index (χ2n) is 7.04. The van der Waals surface area contributed by atoms with Crippen LogP contribution in [0.5, 0.6) is 0 Å². The summed E-state index contributed by atoms with van der Waals surface area (Å²) in [5.74, 6) is 0. The van der Waals surface area contributed by atoms with Crippen LogP contribution in [0.25, 0.3) is 0 Å². The first-order valence-electron chi connectivity index (χ1n) is 8.78. The van der Waals surface area contributed by atoms with Crippen molar-refractivity contribution in [2.75, 3.05) is 6.26 Å². The van der Waals surface area contributed by atoms with Gasteiger partial charge >= 0.3 is 0 Å². The number of hydrogen-bond donors (Lipinski definition) is 0. The summed E-state index contributed by atoms with van der Waals surface area (Å²) in [4.78, 5) is 0. The molecule has 2 unspecified atom stereocenters. The van der Waals surface area contributed by atoms with Gasteiger partial charge in [-0.3, -0.25) is 0 Å². The van der Waals surface area contributed by atoms with Crippen molar-refractivity contribution in [3.05, 3.63) is 82.3 Å². The number of benzene rings is 2. The van der Waals surface area contributed by atoms with Crippen molar-refractivity contribution in [2.45, 2.75) is 43.1 Å². The minimum atomic E-state index is -0.853. The summed E-state index contributed by atoms with van der Waals surface area (Å²) in [7, 11) is -0.853. The van der Waals surface area contributed by atoms with Crippen molar-refractivity contribution >= 4 is 10.0 Å². The molecule has 1 heteroatoms. The molecule has 2 aromatic carbocycles. The Balaban J connectivity index is 1.80. The van der Waals surface area contributed by atoms with Gasteiger partial charge in [0.05, 0.1) is 0 Å². The highest BCUT2D eigenvalue weighted by molar-refractivity contribution is 8.35. The molecule has 120 valence electrons. The molecule has 0 aliphatic heterocycles. The van der Waals surface area contributed by atoms with E-state index in [0.717, 1.165) is 10.5 Å². The SMILES string of the molecule is C/C=C/S(C)(C1CCc2ccccc21)C1CCc2ccccc21. The van der Waals surface area contributed by atoms with Crippen molar-refractivity contribution in [3.63, 3.8) is 0 Å². The normalized spacial score (nSPS) is 26.7. The van der Waals surface area contributed by atoms with Gasteiger partial charge in [-0.1, -0.05) is 60.0 Å². The molecule has 2 aliphatic carbocycles. The van der Waals surface area contributed by atoms with Gasteiger partial charge < -0.3 is 0 Å². The van der Waals surface area contributed by atoms with Crippen LogP contribution in [0, 0.1) is 0 Å². The fraction of sp³-hybridized carbons (Fsp3) is 0.364. The molecular weight excluding hydrogens is 296 g/mol. The van der Waals surface area contributed by atoms with E-state index < -0.39 is 10.0 Å². The number of fused-ring (bicyclic) bond motifs is 2. The largest absolute Gasteiger partial charge is 0.210 e. The summed E-state index contributed by atoms with van der Waals surface area (Å²) in [5, 5.41) is 4.05. The Bertz CT molecular complexity index is 688. The molecule has 0 nitrogen and oxygen atoms in total. The van der Waals surface area contributed by atoms with Crippen molar-refractivity contribution in [2.24, 2.45) is 0 Å². The maximum atomic E-state index is 2.59. The lowest BCUT2D eigenvalue weighted by atomic mass is 10.1. The first-order valence-corrected chi connectivity index (χ1v) is 11.0. The molecule has 0 saturated heterocycles. The summed E-state index contributed by atoms with van der Waals surface area (Å²) in [6, 6.07) is 18.3. The van der Waals surface area contributed by atoms with Gasteiger partial charge in [-0.2, -0.15) is 0 Å². The van der Waals surface area contributed by atoms with Crippen molar-refractivity contribution in [3.8, 4) is 0 Å². The second kappa shape index (κ2) is 5.87. The molecule has 0 aromatic heterocycles. The summed E-state index contributed by atoms with van der Waals surface area (Å²) in [5.41, 5.74) is 6.44. The minimum absolute atomic E-state index is 0.728. The quantitative estimate of drug-likeness (QED) is 0.619. The molecule has 2 aromatic rings. The Hall–Kier alpha value is -1.47. The molecule has 0 saturated carbocycles. The first kappa shape index (κ1) is 15.1. The fourth-order valence-corrected chi connectivity index (χ4v) is 8.94. The second-order valence-corrected chi connectivity index (χ2v) is 10.7. The fourth-order valence-electron chi connectivity index (χ4n) is 4.77. The summed E-state index contributed by atoms with van der Waals surface area (Å²) in [6.45, 7) is 2.20. The molecule has 2 aliphatic rings. The number of allylic oxidation sites excluding steroid dienone is 1. The Morgan fingerprint density at radius 2 is 1.30 bits per heavy atom. The third-order valence-corrected chi connectivity index (χ3v) is 10.1. The van der Waals surface area contributed by atoms with Gasteiger partial charge in [0.1, 0.15) is 0 Å². The summed E-state index contributed by atoms with van der Waals surface area (Å²) < 4.78 is 0. The van der Waals surface area contributed by atoms with Crippen LogP contribution in [-0.4, -0.2) is 6.26 Å². The molecule has 23 heavy (non-hydrogen) atoms. The number of hydrogen-bond acceptors (Lipinski definition) is 0. The molecular formula is C22H26S. The van der Waals surface area contributed by atoms with Crippen LogP contribution in [0.3, 0.4) is 0 Å². The first-order chi connectivity index (χ1) is 11.2. The van der Waals surface area contributed by atoms with Gasteiger partial charge in [0, 0.05) is 10.5 Å². The Labute approximate surface area is 141 Å². The molecule has 0 fully saturated rings. The third kappa shape index (κ3) is 2.37. The van der Waals surface area contributed by atoms with E-state index in [0.29, 0.717) is 0 Å². The molecule has 0 heterocycles. The lowest BCUT2D eigenvalue weighted by molar-refractivity contribution is 0.836. The van der Waals surface area contributed by atoms with Crippen LogP contribution in [0.15, 0.2) is 60.0 Å². The van der Waals surface area contributed by atoms with E-state index in [4.69, 9.17) is 0 Å². The smallest absolute Gasteiger partial charge is 0.0181 e. The van der Waals surface area contributed by atoms with Gasteiger partial charge in [0.25, 0.3) is 0 Å². The molecule has 0 spiro atoms. The molecule has 0 N–H and O–H groups in total. The predicted octanol–water partition coefficient (Wildman–Crippen LogP) is 6.33. The molecule has 0 amide bonds. The highest BCUT2D eigenvalue weighted by atomic mass is 32.3. The van der Waals surface area contributed by atoms with E-state index in [-0.39, 0.29) is 0 Å². The van der Waals surface area contributed by atoms with Crippen LogP contribution in [0.2, 0.25) is 0 Å². The predicted molar refractivity (Wildman–Crippen MR) is 103 cm³/mol. The van der Waals surface area contributed by atoms with Crippen molar-refractivity contribution < 1.29 is 0 Å².